The number of piperidine rings is 2. The molecule has 2 heterocycles. The second kappa shape index (κ2) is 5.71. The Labute approximate surface area is 144 Å². The molecule has 2 saturated heterocycles. The highest BCUT2D eigenvalue weighted by Gasteiger charge is 2.51. The van der Waals surface area contributed by atoms with Gasteiger partial charge in [0.2, 0.25) is 0 Å². The largest absolute Gasteiger partial charge is 0.206 e. The molecule has 0 aliphatic carbocycles. The van der Waals surface area contributed by atoms with Crippen LogP contribution < -0.4 is 0 Å². The molecule has 0 atom stereocenters. The lowest BCUT2D eigenvalue weighted by Crippen LogP contribution is -2.68. The molecule has 0 radical (unpaired) electrons. The SMILES string of the molecule is CC1CC(C)(C)N(ON2C(C)(C)CC(C)CC2(C)C)C(C)(C)C1. The van der Waals surface area contributed by atoms with Crippen LogP contribution in [-0.4, -0.2) is 32.3 Å². The summed E-state index contributed by atoms with van der Waals surface area (Å²) in [5, 5.41) is 4.61. The molecule has 3 heteroatoms. The van der Waals surface area contributed by atoms with Crippen molar-refractivity contribution in [2.75, 3.05) is 0 Å². The minimum atomic E-state index is 0.0520. The predicted molar refractivity (Wildman–Crippen MR) is 97.9 cm³/mol. The second-order valence-corrected chi connectivity index (χ2v) is 10.9. The molecule has 3 nitrogen and oxygen atoms in total. The van der Waals surface area contributed by atoms with Gasteiger partial charge in [-0.05, 0) is 92.9 Å². The number of hydroxylamine groups is 4. The summed E-state index contributed by atoms with van der Waals surface area (Å²) in [6.07, 6.45) is 4.73. The molecule has 0 aromatic rings. The molecule has 2 fully saturated rings. The van der Waals surface area contributed by atoms with Crippen LogP contribution >= 0.6 is 0 Å². The quantitative estimate of drug-likeness (QED) is 0.675. The first-order valence-corrected chi connectivity index (χ1v) is 9.46. The summed E-state index contributed by atoms with van der Waals surface area (Å²) in [6.45, 7) is 23.4. The van der Waals surface area contributed by atoms with Crippen molar-refractivity contribution in [1.82, 2.24) is 10.1 Å². The summed E-state index contributed by atoms with van der Waals surface area (Å²) in [6, 6.07) is 0. The predicted octanol–water partition coefficient (Wildman–Crippen LogP) is 5.41. The topological polar surface area (TPSA) is 15.7 Å². The lowest BCUT2D eigenvalue weighted by atomic mass is 9.75. The third-order valence-electron chi connectivity index (χ3n) is 5.75. The van der Waals surface area contributed by atoms with Gasteiger partial charge in [-0.3, -0.25) is 0 Å². The molecule has 23 heavy (non-hydrogen) atoms. The molecule has 136 valence electrons. The van der Waals surface area contributed by atoms with Gasteiger partial charge in [-0.25, -0.2) is 4.94 Å². The van der Waals surface area contributed by atoms with Crippen LogP contribution in [0.3, 0.4) is 0 Å². The van der Waals surface area contributed by atoms with Crippen LogP contribution in [0.4, 0.5) is 0 Å². The van der Waals surface area contributed by atoms with Crippen LogP contribution in [0.25, 0.3) is 0 Å². The van der Waals surface area contributed by atoms with E-state index in [0.29, 0.717) is 0 Å². The maximum Gasteiger partial charge on any atom is 0.0434 e. The molecule has 0 bridgehead atoms. The van der Waals surface area contributed by atoms with Gasteiger partial charge in [-0.1, -0.05) is 13.8 Å². The highest BCUT2D eigenvalue weighted by molar-refractivity contribution is 4.98. The van der Waals surface area contributed by atoms with Gasteiger partial charge in [0, 0.05) is 22.2 Å². The van der Waals surface area contributed by atoms with E-state index < -0.39 is 0 Å². The fraction of sp³-hybridized carbons (Fsp3) is 1.00. The standard InChI is InChI=1S/C20H40N2O/c1-15-11-17(3,4)21(18(5,6)12-15)23-22-19(7,8)13-16(2)14-20(22,9)10/h15-16H,11-14H2,1-10H3. The van der Waals surface area contributed by atoms with Crippen LogP contribution in [0, 0.1) is 11.8 Å². The summed E-state index contributed by atoms with van der Waals surface area (Å²) in [4.78, 5) is 6.76. The van der Waals surface area contributed by atoms with Crippen LogP contribution in [0.15, 0.2) is 0 Å². The molecule has 0 spiro atoms. The van der Waals surface area contributed by atoms with Crippen LogP contribution in [0.5, 0.6) is 0 Å². The lowest BCUT2D eigenvalue weighted by Gasteiger charge is -2.60. The summed E-state index contributed by atoms with van der Waals surface area (Å²) in [7, 11) is 0. The molecule has 2 aliphatic rings. The first-order chi connectivity index (χ1) is 10.2. The van der Waals surface area contributed by atoms with Crippen molar-refractivity contribution in [2.45, 2.75) is 117 Å². The third-order valence-corrected chi connectivity index (χ3v) is 5.75. The van der Waals surface area contributed by atoms with Gasteiger partial charge in [0.1, 0.15) is 0 Å². The molecule has 2 rings (SSSR count). The summed E-state index contributed by atoms with van der Waals surface area (Å²) in [5.41, 5.74) is 0.208. The van der Waals surface area contributed by atoms with E-state index in [1.54, 1.807) is 0 Å². The highest BCUT2D eigenvalue weighted by atomic mass is 16.8. The minimum Gasteiger partial charge on any atom is -0.206 e. The van der Waals surface area contributed by atoms with Gasteiger partial charge in [-0.15, -0.1) is 0 Å². The Morgan fingerprint density at radius 2 is 0.783 bits per heavy atom. The van der Waals surface area contributed by atoms with E-state index in [9.17, 15) is 0 Å². The molecule has 0 aromatic heterocycles. The van der Waals surface area contributed by atoms with E-state index in [4.69, 9.17) is 4.94 Å². The van der Waals surface area contributed by atoms with Crippen molar-refractivity contribution >= 4 is 0 Å². The molecular formula is C20H40N2O. The lowest BCUT2D eigenvalue weighted by molar-refractivity contribution is -0.446. The van der Waals surface area contributed by atoms with Crippen LogP contribution in [0.2, 0.25) is 0 Å². The molecule has 0 amide bonds. The molecule has 0 N–H and O–H groups in total. The van der Waals surface area contributed by atoms with E-state index in [1.807, 2.05) is 0 Å². The Kier molecular flexibility index (Phi) is 4.77. The molecule has 2 aliphatic heterocycles. The number of rotatable bonds is 2. The van der Waals surface area contributed by atoms with Crippen LogP contribution in [0.1, 0.15) is 94.9 Å². The van der Waals surface area contributed by atoms with E-state index in [-0.39, 0.29) is 22.2 Å². The van der Waals surface area contributed by atoms with E-state index in [0.717, 1.165) is 11.8 Å². The number of nitrogens with zero attached hydrogens (tertiary/aromatic N) is 2. The van der Waals surface area contributed by atoms with Crippen molar-refractivity contribution in [2.24, 2.45) is 11.8 Å². The first kappa shape index (κ1) is 19.2. The van der Waals surface area contributed by atoms with Gasteiger partial charge in [0.05, 0.1) is 0 Å². The van der Waals surface area contributed by atoms with Gasteiger partial charge >= 0.3 is 0 Å². The zero-order valence-corrected chi connectivity index (χ0v) is 17.3. The van der Waals surface area contributed by atoms with Crippen molar-refractivity contribution in [3.8, 4) is 0 Å². The summed E-state index contributed by atoms with van der Waals surface area (Å²) in [5.74, 6) is 1.48. The average molecular weight is 325 g/mol. The van der Waals surface area contributed by atoms with Crippen molar-refractivity contribution in [1.29, 1.82) is 0 Å². The average Bonchev–Trinajstić information content (AvgIpc) is 2.19. The van der Waals surface area contributed by atoms with Crippen LogP contribution in [-0.2, 0) is 4.94 Å². The second-order valence-electron chi connectivity index (χ2n) is 10.9. The minimum absolute atomic E-state index is 0.0520. The van der Waals surface area contributed by atoms with Gasteiger partial charge < -0.3 is 0 Å². The van der Waals surface area contributed by atoms with Crippen molar-refractivity contribution in [3.05, 3.63) is 0 Å². The van der Waals surface area contributed by atoms with E-state index >= 15 is 0 Å². The molecule has 0 unspecified atom stereocenters. The Balaban J connectivity index is 2.31. The van der Waals surface area contributed by atoms with Gasteiger partial charge in [0.25, 0.3) is 0 Å². The maximum atomic E-state index is 6.76. The fourth-order valence-electron chi connectivity index (χ4n) is 6.05. The highest BCUT2D eigenvalue weighted by Crippen LogP contribution is 2.46. The normalized spacial score (nSPS) is 32.1. The Hall–Kier alpha value is -0.120. The maximum absolute atomic E-state index is 6.76. The van der Waals surface area contributed by atoms with Gasteiger partial charge in [-0.2, -0.15) is 10.1 Å². The Morgan fingerprint density at radius 1 is 0.565 bits per heavy atom. The summed E-state index contributed by atoms with van der Waals surface area (Å²) < 4.78 is 0. The Morgan fingerprint density at radius 3 is 1.00 bits per heavy atom. The zero-order valence-electron chi connectivity index (χ0n) is 17.3. The number of hydrogen-bond acceptors (Lipinski definition) is 3. The molecular weight excluding hydrogens is 284 g/mol. The smallest absolute Gasteiger partial charge is 0.0434 e. The van der Waals surface area contributed by atoms with E-state index in [1.165, 1.54) is 25.7 Å². The van der Waals surface area contributed by atoms with Gasteiger partial charge in [0.15, 0.2) is 0 Å². The first-order valence-electron chi connectivity index (χ1n) is 9.46. The van der Waals surface area contributed by atoms with E-state index in [2.05, 4.69) is 79.4 Å². The zero-order chi connectivity index (χ0) is 17.8. The fourth-order valence-corrected chi connectivity index (χ4v) is 6.05. The van der Waals surface area contributed by atoms with Crippen molar-refractivity contribution < 1.29 is 4.94 Å². The third kappa shape index (κ3) is 3.77. The summed E-state index contributed by atoms with van der Waals surface area (Å²) >= 11 is 0. The van der Waals surface area contributed by atoms with Crippen molar-refractivity contribution in [3.63, 3.8) is 0 Å². The molecule has 0 aromatic carbocycles. The number of hydrogen-bond donors (Lipinski definition) is 0. The Bertz CT molecular complexity index is 363. The monoisotopic (exact) mass is 324 g/mol. The molecule has 0 saturated carbocycles.